The van der Waals surface area contributed by atoms with Crippen molar-refractivity contribution in [3.05, 3.63) is 0 Å². The van der Waals surface area contributed by atoms with Crippen LogP contribution >= 0.6 is 0 Å². The van der Waals surface area contributed by atoms with Gasteiger partial charge in [-0.15, -0.1) is 0 Å². The summed E-state index contributed by atoms with van der Waals surface area (Å²) in [6.45, 7) is 14.7. The van der Waals surface area contributed by atoms with Gasteiger partial charge >= 0.3 is 5.97 Å². The summed E-state index contributed by atoms with van der Waals surface area (Å²) >= 11 is 0. The van der Waals surface area contributed by atoms with Crippen LogP contribution in [0.3, 0.4) is 0 Å². The Kier molecular flexibility index (Phi) is 6.46. The van der Waals surface area contributed by atoms with Crippen LogP contribution in [0, 0.1) is 5.92 Å². The van der Waals surface area contributed by atoms with E-state index < -0.39 is 5.54 Å². The van der Waals surface area contributed by atoms with Gasteiger partial charge in [0.2, 0.25) is 0 Å². The van der Waals surface area contributed by atoms with Gasteiger partial charge in [0, 0.05) is 25.2 Å². The van der Waals surface area contributed by atoms with E-state index in [0.29, 0.717) is 18.6 Å². The van der Waals surface area contributed by atoms with E-state index in [4.69, 9.17) is 4.74 Å². The summed E-state index contributed by atoms with van der Waals surface area (Å²) in [7, 11) is 0. The number of esters is 1. The molecule has 4 nitrogen and oxygen atoms in total. The Balaban J connectivity index is 2.79. The maximum Gasteiger partial charge on any atom is 0.327 e. The van der Waals surface area contributed by atoms with Crippen molar-refractivity contribution in [3.8, 4) is 0 Å². The highest BCUT2D eigenvalue weighted by Gasteiger charge is 2.39. The van der Waals surface area contributed by atoms with Crippen molar-refractivity contribution in [2.45, 2.75) is 72.0 Å². The van der Waals surface area contributed by atoms with Gasteiger partial charge in [0.25, 0.3) is 0 Å². The average molecular weight is 284 g/mol. The summed E-state index contributed by atoms with van der Waals surface area (Å²) in [5, 5.41) is 3.41. The Morgan fingerprint density at radius 2 is 2.05 bits per heavy atom. The van der Waals surface area contributed by atoms with E-state index >= 15 is 0 Å². The zero-order valence-corrected chi connectivity index (χ0v) is 14.0. The summed E-state index contributed by atoms with van der Waals surface area (Å²) in [5.74, 6) is 0.566. The van der Waals surface area contributed by atoms with Crippen LogP contribution < -0.4 is 5.32 Å². The van der Waals surface area contributed by atoms with Gasteiger partial charge in [0.05, 0.1) is 6.61 Å². The SMILES string of the molecule is CCOC(=O)C(C)(CN1CC(C)CCC1C)NC(C)C. The van der Waals surface area contributed by atoms with Gasteiger partial charge < -0.3 is 4.74 Å². The number of hydrogen-bond acceptors (Lipinski definition) is 4. The molecule has 0 amide bonds. The van der Waals surface area contributed by atoms with Crippen LogP contribution in [0.4, 0.5) is 0 Å². The molecule has 0 aromatic carbocycles. The molecule has 1 aliphatic rings. The highest BCUT2D eigenvalue weighted by molar-refractivity contribution is 5.80. The molecule has 0 saturated carbocycles. The van der Waals surface area contributed by atoms with Crippen molar-refractivity contribution in [1.29, 1.82) is 0 Å². The van der Waals surface area contributed by atoms with Crippen LogP contribution in [0.1, 0.15) is 54.4 Å². The Labute approximate surface area is 124 Å². The maximum atomic E-state index is 12.4. The van der Waals surface area contributed by atoms with Crippen molar-refractivity contribution < 1.29 is 9.53 Å². The third kappa shape index (κ3) is 4.74. The van der Waals surface area contributed by atoms with Crippen LogP contribution in [0.15, 0.2) is 0 Å². The number of nitrogens with one attached hydrogen (secondary N) is 1. The fraction of sp³-hybridized carbons (Fsp3) is 0.938. The van der Waals surface area contributed by atoms with Crippen LogP contribution in [0.5, 0.6) is 0 Å². The highest BCUT2D eigenvalue weighted by atomic mass is 16.5. The normalized spacial score (nSPS) is 27.4. The van der Waals surface area contributed by atoms with Crippen LogP contribution in [-0.2, 0) is 9.53 Å². The van der Waals surface area contributed by atoms with E-state index in [9.17, 15) is 4.79 Å². The number of carbonyl (C=O) groups is 1. The minimum atomic E-state index is -0.629. The van der Waals surface area contributed by atoms with Gasteiger partial charge in [0.15, 0.2) is 0 Å². The monoisotopic (exact) mass is 284 g/mol. The lowest BCUT2D eigenvalue weighted by Crippen LogP contribution is -2.61. The molecule has 1 fully saturated rings. The molecule has 1 N–H and O–H groups in total. The third-order valence-corrected chi connectivity index (χ3v) is 4.10. The van der Waals surface area contributed by atoms with Gasteiger partial charge in [-0.2, -0.15) is 0 Å². The largest absolute Gasteiger partial charge is 0.465 e. The molecule has 3 atom stereocenters. The fourth-order valence-corrected chi connectivity index (χ4v) is 3.10. The first kappa shape index (κ1) is 17.4. The standard InChI is InChI=1S/C16H32N2O2/c1-7-20-15(19)16(6,17-12(2)3)11-18-10-13(4)8-9-14(18)5/h12-14,17H,7-11H2,1-6H3. The van der Waals surface area contributed by atoms with Crippen molar-refractivity contribution in [3.63, 3.8) is 0 Å². The summed E-state index contributed by atoms with van der Waals surface area (Å²) < 4.78 is 5.28. The molecule has 4 heteroatoms. The van der Waals surface area contributed by atoms with Gasteiger partial charge in [-0.25, -0.2) is 0 Å². The van der Waals surface area contributed by atoms with E-state index in [-0.39, 0.29) is 12.0 Å². The van der Waals surface area contributed by atoms with Crippen molar-refractivity contribution in [2.24, 2.45) is 5.92 Å². The summed E-state index contributed by atoms with van der Waals surface area (Å²) in [5.41, 5.74) is -0.629. The molecular formula is C16H32N2O2. The second-order valence-electron chi connectivity index (χ2n) is 6.81. The molecule has 1 saturated heterocycles. The number of nitrogens with zero attached hydrogens (tertiary/aromatic N) is 1. The molecule has 0 spiro atoms. The average Bonchev–Trinajstić information content (AvgIpc) is 2.33. The number of carbonyl (C=O) groups excluding carboxylic acids is 1. The highest BCUT2D eigenvalue weighted by Crippen LogP contribution is 2.24. The van der Waals surface area contributed by atoms with Crippen LogP contribution in [-0.4, -0.2) is 48.2 Å². The number of hydrogen-bond donors (Lipinski definition) is 1. The lowest BCUT2D eigenvalue weighted by molar-refractivity contribution is -0.152. The Hall–Kier alpha value is -0.610. The molecule has 0 aromatic heterocycles. The summed E-state index contributed by atoms with van der Waals surface area (Å²) in [6.07, 6.45) is 2.49. The lowest BCUT2D eigenvalue weighted by Gasteiger charge is -2.42. The molecule has 1 aliphatic heterocycles. The van der Waals surface area contributed by atoms with Crippen LogP contribution in [0.25, 0.3) is 0 Å². The Morgan fingerprint density at radius 1 is 1.40 bits per heavy atom. The second-order valence-corrected chi connectivity index (χ2v) is 6.81. The van der Waals surface area contributed by atoms with E-state index in [1.807, 2.05) is 13.8 Å². The zero-order chi connectivity index (χ0) is 15.3. The molecule has 0 radical (unpaired) electrons. The Bertz CT molecular complexity index is 320. The number of likely N-dealkylation sites (tertiary alicyclic amines) is 1. The first-order valence-corrected chi connectivity index (χ1v) is 7.97. The molecule has 20 heavy (non-hydrogen) atoms. The molecule has 0 aromatic rings. The zero-order valence-electron chi connectivity index (χ0n) is 14.0. The van der Waals surface area contributed by atoms with E-state index in [1.54, 1.807) is 0 Å². The van der Waals surface area contributed by atoms with E-state index in [0.717, 1.165) is 13.1 Å². The third-order valence-electron chi connectivity index (χ3n) is 4.10. The van der Waals surface area contributed by atoms with Gasteiger partial charge in [-0.1, -0.05) is 6.92 Å². The smallest absolute Gasteiger partial charge is 0.327 e. The number of ether oxygens (including phenoxy) is 1. The maximum absolute atomic E-state index is 12.4. The Morgan fingerprint density at radius 3 is 2.60 bits per heavy atom. The first-order chi connectivity index (χ1) is 9.28. The molecular weight excluding hydrogens is 252 g/mol. The quantitative estimate of drug-likeness (QED) is 0.761. The van der Waals surface area contributed by atoms with Crippen LogP contribution in [0.2, 0.25) is 0 Å². The first-order valence-electron chi connectivity index (χ1n) is 7.97. The fourth-order valence-electron chi connectivity index (χ4n) is 3.10. The lowest BCUT2D eigenvalue weighted by atomic mass is 9.92. The molecule has 118 valence electrons. The predicted octanol–water partition coefficient (Wildman–Crippen LogP) is 2.43. The number of rotatable bonds is 6. The minimum absolute atomic E-state index is 0.140. The van der Waals surface area contributed by atoms with E-state index in [2.05, 4.69) is 37.9 Å². The molecule has 3 unspecified atom stereocenters. The van der Waals surface area contributed by atoms with Crippen molar-refractivity contribution >= 4 is 5.97 Å². The van der Waals surface area contributed by atoms with Crippen molar-refractivity contribution in [2.75, 3.05) is 19.7 Å². The summed E-state index contributed by atoms with van der Waals surface area (Å²) in [6, 6.07) is 0.788. The molecule has 1 heterocycles. The van der Waals surface area contributed by atoms with Crippen molar-refractivity contribution in [1.82, 2.24) is 10.2 Å². The van der Waals surface area contributed by atoms with E-state index in [1.165, 1.54) is 12.8 Å². The second kappa shape index (κ2) is 7.41. The molecule has 0 bridgehead atoms. The summed E-state index contributed by atoms with van der Waals surface area (Å²) in [4.78, 5) is 14.8. The van der Waals surface area contributed by atoms with Gasteiger partial charge in [0.1, 0.15) is 5.54 Å². The minimum Gasteiger partial charge on any atom is -0.465 e. The van der Waals surface area contributed by atoms with Gasteiger partial charge in [-0.3, -0.25) is 15.0 Å². The molecule has 0 aliphatic carbocycles. The molecule has 1 rings (SSSR count). The van der Waals surface area contributed by atoms with Gasteiger partial charge in [-0.05, 0) is 53.4 Å². The topological polar surface area (TPSA) is 41.6 Å². The predicted molar refractivity (Wildman–Crippen MR) is 82.7 cm³/mol. The number of piperidine rings is 1.